The molecule has 0 aliphatic carbocycles. The smallest absolute Gasteiger partial charge is 0.318 e. The van der Waals surface area contributed by atoms with Gasteiger partial charge < -0.3 is 25.3 Å². The van der Waals surface area contributed by atoms with Crippen LogP contribution < -0.4 is 10.6 Å². The first-order valence-electron chi connectivity index (χ1n) is 11.0. The summed E-state index contributed by atoms with van der Waals surface area (Å²) in [6.07, 6.45) is 4.87. The molecular weight excluding hydrogens is 382 g/mol. The van der Waals surface area contributed by atoms with E-state index >= 15 is 0 Å². The zero-order chi connectivity index (χ0) is 21.1. The largest absolute Gasteiger partial charge is 0.370 e. The molecule has 0 spiro atoms. The number of imidazole rings is 1. The molecule has 162 valence electrons. The second kappa shape index (κ2) is 9.04. The molecule has 0 saturated carbocycles. The Morgan fingerprint density at radius 3 is 2.80 bits per heavy atom. The number of aromatic amines is 1. The first-order chi connectivity index (χ1) is 14.5. The van der Waals surface area contributed by atoms with Crippen molar-refractivity contribution in [2.45, 2.75) is 58.1 Å². The molecule has 1 aromatic carbocycles. The lowest BCUT2D eigenvalue weighted by Crippen LogP contribution is -2.51. The number of H-pyrrole nitrogens is 1. The summed E-state index contributed by atoms with van der Waals surface area (Å²) in [5.41, 5.74) is 2.39. The van der Waals surface area contributed by atoms with Crippen LogP contribution in [0.15, 0.2) is 18.2 Å². The van der Waals surface area contributed by atoms with Crippen molar-refractivity contribution < 1.29 is 14.3 Å². The molecule has 2 aliphatic rings. The first-order valence-corrected chi connectivity index (χ1v) is 11.0. The van der Waals surface area contributed by atoms with Crippen LogP contribution in [0.5, 0.6) is 0 Å². The molecular formula is C22H31N5O3. The molecule has 30 heavy (non-hydrogen) atoms. The third-order valence-corrected chi connectivity index (χ3v) is 6.17. The summed E-state index contributed by atoms with van der Waals surface area (Å²) in [6, 6.07) is 4.88. The Kier molecular flexibility index (Phi) is 6.22. The number of benzene rings is 1. The lowest BCUT2D eigenvalue weighted by atomic mass is 9.98. The minimum Gasteiger partial charge on any atom is -0.370 e. The second-order valence-corrected chi connectivity index (χ2v) is 8.35. The zero-order valence-electron chi connectivity index (χ0n) is 17.7. The Morgan fingerprint density at radius 2 is 2.10 bits per heavy atom. The standard InChI is InChI=1S/C22H31N5O3/c1-3-14(2)19(26-22(29)27-10-4-5-11-27)21(28)23-15-8-9-16-17(13-15)25-20(24-16)18-7-6-12-30-18/h8-9,13-14,18-19H,3-7,10-12H2,1-2H3,(H,23,28)(H,24,25)(H,26,29)/t14?,18?,19-/m0/s1. The molecule has 2 fully saturated rings. The van der Waals surface area contributed by atoms with Crippen molar-refractivity contribution in [1.29, 1.82) is 0 Å². The summed E-state index contributed by atoms with van der Waals surface area (Å²) >= 11 is 0. The molecule has 2 aliphatic heterocycles. The molecule has 3 amide bonds. The van der Waals surface area contributed by atoms with Gasteiger partial charge in [-0.25, -0.2) is 9.78 Å². The number of amides is 3. The fourth-order valence-corrected chi connectivity index (χ4v) is 4.12. The predicted molar refractivity (Wildman–Crippen MR) is 115 cm³/mol. The minimum absolute atomic E-state index is 0.0195. The van der Waals surface area contributed by atoms with E-state index in [1.165, 1.54) is 0 Å². The van der Waals surface area contributed by atoms with Gasteiger partial charge in [-0.05, 0) is 49.8 Å². The van der Waals surface area contributed by atoms with Gasteiger partial charge >= 0.3 is 6.03 Å². The van der Waals surface area contributed by atoms with Crippen LogP contribution in [0.25, 0.3) is 11.0 Å². The van der Waals surface area contributed by atoms with Crippen molar-refractivity contribution in [2.75, 3.05) is 25.0 Å². The van der Waals surface area contributed by atoms with Crippen LogP contribution in [0.3, 0.4) is 0 Å². The Hall–Kier alpha value is -2.61. The number of anilines is 1. The number of rotatable bonds is 6. The summed E-state index contributed by atoms with van der Waals surface area (Å²) in [4.78, 5) is 35.3. The quantitative estimate of drug-likeness (QED) is 0.674. The highest BCUT2D eigenvalue weighted by Gasteiger charge is 2.29. The molecule has 8 heteroatoms. The van der Waals surface area contributed by atoms with E-state index in [0.717, 1.165) is 68.7 Å². The number of nitrogens with one attached hydrogen (secondary N) is 3. The lowest BCUT2D eigenvalue weighted by Gasteiger charge is -2.26. The number of likely N-dealkylation sites (tertiary alicyclic amines) is 1. The summed E-state index contributed by atoms with van der Waals surface area (Å²) in [5, 5.41) is 5.92. The molecule has 2 unspecified atom stereocenters. The fourth-order valence-electron chi connectivity index (χ4n) is 4.12. The van der Waals surface area contributed by atoms with Gasteiger partial charge in [0.2, 0.25) is 5.91 Å². The van der Waals surface area contributed by atoms with Gasteiger partial charge in [-0.1, -0.05) is 20.3 Å². The van der Waals surface area contributed by atoms with E-state index in [1.807, 2.05) is 32.0 Å². The molecule has 0 radical (unpaired) electrons. The molecule has 2 aromatic rings. The van der Waals surface area contributed by atoms with Crippen molar-refractivity contribution in [3.63, 3.8) is 0 Å². The molecule has 8 nitrogen and oxygen atoms in total. The van der Waals surface area contributed by atoms with Crippen LogP contribution in [0, 0.1) is 5.92 Å². The Balaban J connectivity index is 1.46. The maximum Gasteiger partial charge on any atom is 0.318 e. The third kappa shape index (κ3) is 4.43. The van der Waals surface area contributed by atoms with E-state index in [2.05, 4.69) is 20.6 Å². The van der Waals surface area contributed by atoms with Gasteiger partial charge in [-0.15, -0.1) is 0 Å². The molecule has 0 bridgehead atoms. The van der Waals surface area contributed by atoms with Gasteiger partial charge in [0.05, 0.1) is 11.0 Å². The van der Waals surface area contributed by atoms with Gasteiger partial charge in [-0.3, -0.25) is 4.79 Å². The molecule has 3 heterocycles. The number of nitrogens with zero attached hydrogens (tertiary/aromatic N) is 2. The Bertz CT molecular complexity index is 899. The number of fused-ring (bicyclic) bond motifs is 1. The maximum absolute atomic E-state index is 13.0. The number of carbonyl (C=O) groups is 2. The highest BCUT2D eigenvalue weighted by atomic mass is 16.5. The third-order valence-electron chi connectivity index (χ3n) is 6.17. The molecule has 2 saturated heterocycles. The monoisotopic (exact) mass is 413 g/mol. The SMILES string of the molecule is CCC(C)[C@H](NC(=O)N1CCCC1)C(=O)Nc1ccc2nc(C3CCCO3)[nH]c2c1. The highest BCUT2D eigenvalue weighted by molar-refractivity contribution is 5.98. The van der Waals surface area contributed by atoms with E-state index < -0.39 is 6.04 Å². The number of hydrogen-bond acceptors (Lipinski definition) is 4. The van der Waals surface area contributed by atoms with Crippen molar-refractivity contribution in [3.05, 3.63) is 24.0 Å². The van der Waals surface area contributed by atoms with Crippen LogP contribution in [0.2, 0.25) is 0 Å². The molecule has 3 atom stereocenters. The fraction of sp³-hybridized carbons (Fsp3) is 0.591. The first kappa shape index (κ1) is 20.7. The van der Waals surface area contributed by atoms with Gasteiger partial charge in [0.25, 0.3) is 0 Å². The average Bonchev–Trinajstić information content (AvgIpc) is 3.51. The number of aromatic nitrogens is 2. The van der Waals surface area contributed by atoms with E-state index in [9.17, 15) is 9.59 Å². The van der Waals surface area contributed by atoms with Crippen LogP contribution in [0.4, 0.5) is 10.5 Å². The van der Waals surface area contributed by atoms with Crippen LogP contribution in [-0.2, 0) is 9.53 Å². The van der Waals surface area contributed by atoms with Crippen LogP contribution in [0.1, 0.15) is 57.9 Å². The number of ether oxygens (including phenoxy) is 1. The second-order valence-electron chi connectivity index (χ2n) is 8.35. The van der Waals surface area contributed by atoms with Crippen molar-refractivity contribution in [1.82, 2.24) is 20.2 Å². The van der Waals surface area contributed by atoms with Crippen LogP contribution in [-0.4, -0.2) is 52.5 Å². The van der Waals surface area contributed by atoms with Crippen molar-refractivity contribution in [2.24, 2.45) is 5.92 Å². The van der Waals surface area contributed by atoms with E-state index in [0.29, 0.717) is 5.69 Å². The number of carbonyl (C=O) groups excluding carboxylic acids is 2. The number of urea groups is 1. The van der Waals surface area contributed by atoms with Crippen molar-refractivity contribution >= 4 is 28.7 Å². The topological polar surface area (TPSA) is 99.4 Å². The van der Waals surface area contributed by atoms with Crippen molar-refractivity contribution in [3.8, 4) is 0 Å². The van der Waals surface area contributed by atoms with Gasteiger partial charge in [0.15, 0.2) is 0 Å². The highest BCUT2D eigenvalue weighted by Crippen LogP contribution is 2.28. The van der Waals surface area contributed by atoms with Crippen LogP contribution >= 0.6 is 0 Å². The van der Waals surface area contributed by atoms with E-state index in [-0.39, 0.29) is 24.0 Å². The predicted octanol–water partition coefficient (Wildman–Crippen LogP) is 3.57. The minimum atomic E-state index is -0.581. The summed E-state index contributed by atoms with van der Waals surface area (Å²) in [6.45, 7) is 6.29. The molecule has 1 aromatic heterocycles. The normalized spacial score (nSPS) is 21.0. The molecule has 4 rings (SSSR count). The zero-order valence-corrected chi connectivity index (χ0v) is 17.7. The maximum atomic E-state index is 13.0. The number of hydrogen-bond donors (Lipinski definition) is 3. The summed E-state index contributed by atoms with van der Waals surface area (Å²) < 4.78 is 5.70. The lowest BCUT2D eigenvalue weighted by molar-refractivity contribution is -0.119. The Labute approximate surface area is 176 Å². The molecule has 3 N–H and O–H groups in total. The Morgan fingerprint density at radius 1 is 1.30 bits per heavy atom. The van der Waals surface area contributed by atoms with Gasteiger partial charge in [0.1, 0.15) is 18.0 Å². The van der Waals surface area contributed by atoms with Gasteiger partial charge in [-0.2, -0.15) is 0 Å². The van der Waals surface area contributed by atoms with E-state index in [1.54, 1.807) is 4.90 Å². The summed E-state index contributed by atoms with van der Waals surface area (Å²) in [7, 11) is 0. The van der Waals surface area contributed by atoms with E-state index in [4.69, 9.17) is 4.74 Å². The average molecular weight is 414 g/mol. The van der Waals surface area contributed by atoms with Gasteiger partial charge in [0, 0.05) is 25.4 Å². The summed E-state index contributed by atoms with van der Waals surface area (Å²) in [5.74, 6) is 0.662.